The molecule has 11 heteroatoms. The van der Waals surface area contributed by atoms with Gasteiger partial charge >= 0.3 is 0 Å². The van der Waals surface area contributed by atoms with Crippen molar-refractivity contribution in [1.29, 1.82) is 0 Å². The largest absolute Gasteiger partial charge is 0.282 e. The molecule has 0 saturated carbocycles. The third-order valence-corrected chi connectivity index (χ3v) is 9.50. The maximum Gasteiger partial charge on any atom is 0.260 e. The molecule has 0 atom stereocenters. The molecule has 1 amide bonds. The summed E-state index contributed by atoms with van der Waals surface area (Å²) in [7, 11) is -2.05. The first-order valence-electron chi connectivity index (χ1n) is 12.5. The second-order valence-corrected chi connectivity index (χ2v) is 12.9. The molecule has 2 aromatic carbocycles. The van der Waals surface area contributed by atoms with E-state index in [0.29, 0.717) is 35.4 Å². The third-order valence-electron chi connectivity index (χ3n) is 6.39. The number of hydrogen-bond acceptors (Lipinski definition) is 6. The molecule has 2 heterocycles. The number of rotatable bonds is 10. The van der Waals surface area contributed by atoms with E-state index in [1.807, 2.05) is 50.6 Å². The van der Waals surface area contributed by atoms with Gasteiger partial charge in [0.15, 0.2) is 5.13 Å². The predicted molar refractivity (Wildman–Crippen MR) is 154 cm³/mol. The number of benzene rings is 2. The van der Waals surface area contributed by atoms with Crippen LogP contribution in [-0.4, -0.2) is 53.5 Å². The number of halogens is 1. The Kier molecular flexibility index (Phi) is 8.56. The monoisotopic (exact) mass is 573 g/mol. The van der Waals surface area contributed by atoms with Gasteiger partial charge in [-0.1, -0.05) is 36.3 Å². The topological polar surface area (TPSA) is 88.4 Å². The average Bonchev–Trinajstić information content (AvgIpc) is 3.44. The highest BCUT2D eigenvalue weighted by Crippen LogP contribution is 2.34. The van der Waals surface area contributed by atoms with E-state index in [0.717, 1.165) is 40.0 Å². The van der Waals surface area contributed by atoms with Crippen molar-refractivity contribution < 1.29 is 13.2 Å². The Morgan fingerprint density at radius 2 is 1.79 bits per heavy atom. The number of anilines is 1. The molecule has 38 heavy (non-hydrogen) atoms. The zero-order chi connectivity index (χ0) is 27.6. The molecule has 0 aliphatic rings. The first kappa shape index (κ1) is 28.2. The van der Waals surface area contributed by atoms with E-state index in [-0.39, 0.29) is 10.8 Å². The minimum absolute atomic E-state index is 0.159. The van der Waals surface area contributed by atoms with Crippen LogP contribution in [0.2, 0.25) is 5.02 Å². The number of aromatic nitrogens is 3. The van der Waals surface area contributed by atoms with Crippen molar-refractivity contribution in [2.24, 2.45) is 0 Å². The van der Waals surface area contributed by atoms with Crippen LogP contribution < -0.4 is 4.90 Å². The molecular formula is C27H32ClN5O3S2. The number of sulfonamides is 1. The lowest BCUT2D eigenvalue weighted by Gasteiger charge is -2.21. The quantitative estimate of drug-likeness (QED) is 0.238. The molecule has 4 aromatic rings. The van der Waals surface area contributed by atoms with Gasteiger partial charge in [0.2, 0.25) is 10.0 Å². The molecule has 0 radical (unpaired) electrons. The van der Waals surface area contributed by atoms with Crippen molar-refractivity contribution in [3.05, 3.63) is 70.0 Å². The van der Waals surface area contributed by atoms with E-state index in [1.165, 1.54) is 27.8 Å². The van der Waals surface area contributed by atoms with Crippen molar-refractivity contribution in [2.75, 3.05) is 25.0 Å². The maximum atomic E-state index is 13.8. The van der Waals surface area contributed by atoms with Crippen LogP contribution in [-0.2, 0) is 16.6 Å². The molecule has 0 saturated heterocycles. The standard InChI is InChI=1S/C27H32ClN5O3S2/c1-6-7-12-31(5)38(35,36)23-10-8-21(9-11-23)26(34)32(13-14-33-20(4)16-19(3)30-33)27-29-25-18(2)15-22(28)17-24(25)37-27/h8-11,15-17H,6-7,12-14H2,1-5H3. The first-order chi connectivity index (χ1) is 18.0. The van der Waals surface area contributed by atoms with Gasteiger partial charge in [-0.3, -0.25) is 14.4 Å². The number of hydrogen-bond donors (Lipinski definition) is 0. The lowest BCUT2D eigenvalue weighted by Crippen LogP contribution is -2.34. The molecule has 0 unspecified atom stereocenters. The Labute approximate surface area is 232 Å². The van der Waals surface area contributed by atoms with Gasteiger partial charge < -0.3 is 0 Å². The fraction of sp³-hybridized carbons (Fsp3) is 0.370. The zero-order valence-electron chi connectivity index (χ0n) is 22.2. The fourth-order valence-electron chi connectivity index (χ4n) is 4.24. The molecule has 8 nitrogen and oxygen atoms in total. The summed E-state index contributed by atoms with van der Waals surface area (Å²) in [6.07, 6.45) is 1.68. The lowest BCUT2D eigenvalue weighted by molar-refractivity contribution is 0.0985. The minimum atomic E-state index is -3.63. The van der Waals surface area contributed by atoms with E-state index in [4.69, 9.17) is 16.6 Å². The van der Waals surface area contributed by atoms with Crippen LogP contribution >= 0.6 is 22.9 Å². The molecular weight excluding hydrogens is 542 g/mol. The van der Waals surface area contributed by atoms with Crippen molar-refractivity contribution in [1.82, 2.24) is 19.1 Å². The minimum Gasteiger partial charge on any atom is -0.282 e. The van der Waals surface area contributed by atoms with Gasteiger partial charge in [0.05, 0.1) is 27.4 Å². The van der Waals surface area contributed by atoms with Gasteiger partial charge in [0.25, 0.3) is 5.91 Å². The summed E-state index contributed by atoms with van der Waals surface area (Å²) in [6, 6.07) is 11.8. The Balaban J connectivity index is 1.66. The van der Waals surface area contributed by atoms with E-state index in [2.05, 4.69) is 5.10 Å². The van der Waals surface area contributed by atoms with Gasteiger partial charge in [0, 0.05) is 36.4 Å². The molecule has 202 valence electrons. The summed E-state index contributed by atoms with van der Waals surface area (Å²) in [5.41, 5.74) is 4.02. The van der Waals surface area contributed by atoms with Gasteiger partial charge in [-0.2, -0.15) is 5.10 Å². The first-order valence-corrected chi connectivity index (χ1v) is 15.1. The second kappa shape index (κ2) is 11.5. The summed E-state index contributed by atoms with van der Waals surface area (Å²) in [4.78, 5) is 20.4. The summed E-state index contributed by atoms with van der Waals surface area (Å²) in [6.45, 7) is 9.14. The third kappa shape index (κ3) is 5.93. The molecule has 0 N–H and O–H groups in total. The highest BCUT2D eigenvalue weighted by atomic mass is 35.5. The smallest absolute Gasteiger partial charge is 0.260 e. The highest BCUT2D eigenvalue weighted by molar-refractivity contribution is 7.89. The molecule has 0 aliphatic heterocycles. The normalized spacial score (nSPS) is 12.0. The number of amides is 1. The SMILES string of the molecule is CCCCN(C)S(=O)(=O)c1ccc(C(=O)N(CCn2nc(C)cc2C)c2nc3c(C)cc(Cl)cc3s2)cc1. The summed E-state index contributed by atoms with van der Waals surface area (Å²) >= 11 is 7.67. The van der Waals surface area contributed by atoms with E-state index in [9.17, 15) is 13.2 Å². The maximum absolute atomic E-state index is 13.8. The number of fused-ring (bicyclic) bond motifs is 1. The van der Waals surface area contributed by atoms with Crippen molar-refractivity contribution in [2.45, 2.75) is 52.0 Å². The van der Waals surface area contributed by atoms with Gasteiger partial charge in [-0.25, -0.2) is 17.7 Å². The Hall–Kier alpha value is -2.79. The average molecular weight is 574 g/mol. The van der Waals surface area contributed by atoms with Crippen LogP contribution in [0.25, 0.3) is 10.2 Å². The number of aryl methyl sites for hydroxylation is 3. The summed E-state index contributed by atoms with van der Waals surface area (Å²) in [5.74, 6) is -0.266. The van der Waals surface area contributed by atoms with E-state index in [1.54, 1.807) is 24.1 Å². The van der Waals surface area contributed by atoms with Gasteiger partial charge in [-0.05, 0) is 75.2 Å². The van der Waals surface area contributed by atoms with Crippen LogP contribution in [0.5, 0.6) is 0 Å². The van der Waals surface area contributed by atoms with Crippen LogP contribution in [0.3, 0.4) is 0 Å². The predicted octanol–water partition coefficient (Wildman–Crippen LogP) is 5.84. The van der Waals surface area contributed by atoms with Crippen molar-refractivity contribution in [3.63, 3.8) is 0 Å². The Bertz CT molecular complexity index is 1560. The number of carbonyl (C=O) groups is 1. The molecule has 2 aromatic heterocycles. The number of carbonyl (C=O) groups excluding carboxylic acids is 1. The van der Waals surface area contributed by atoms with Crippen molar-refractivity contribution in [3.8, 4) is 0 Å². The molecule has 4 rings (SSSR count). The van der Waals surface area contributed by atoms with Crippen LogP contribution in [0.1, 0.15) is 47.1 Å². The summed E-state index contributed by atoms with van der Waals surface area (Å²) < 4.78 is 30.0. The molecule has 0 spiro atoms. The Morgan fingerprint density at radius 1 is 1.08 bits per heavy atom. The summed E-state index contributed by atoms with van der Waals surface area (Å²) in [5, 5.41) is 5.69. The lowest BCUT2D eigenvalue weighted by atomic mass is 10.2. The van der Waals surface area contributed by atoms with Gasteiger partial charge in [0.1, 0.15) is 0 Å². The number of nitrogens with zero attached hydrogens (tertiary/aromatic N) is 5. The van der Waals surface area contributed by atoms with Crippen LogP contribution in [0, 0.1) is 20.8 Å². The second-order valence-electron chi connectivity index (χ2n) is 9.38. The fourth-order valence-corrected chi connectivity index (χ4v) is 6.90. The van der Waals surface area contributed by atoms with Crippen LogP contribution in [0.4, 0.5) is 5.13 Å². The molecule has 0 bridgehead atoms. The molecule has 0 fully saturated rings. The molecule has 0 aliphatic carbocycles. The van der Waals surface area contributed by atoms with Gasteiger partial charge in [-0.15, -0.1) is 0 Å². The van der Waals surface area contributed by atoms with E-state index < -0.39 is 10.0 Å². The number of thiazole rings is 1. The Morgan fingerprint density at radius 3 is 2.42 bits per heavy atom. The zero-order valence-corrected chi connectivity index (χ0v) is 24.6. The van der Waals surface area contributed by atoms with Crippen LogP contribution in [0.15, 0.2) is 47.4 Å². The van der Waals surface area contributed by atoms with Crippen molar-refractivity contribution >= 4 is 54.2 Å². The van der Waals surface area contributed by atoms with E-state index >= 15 is 0 Å². The number of unbranched alkanes of at least 4 members (excludes halogenated alkanes) is 1. The highest BCUT2D eigenvalue weighted by Gasteiger charge is 2.25.